The highest BCUT2D eigenvalue weighted by Gasteiger charge is 2.33. The van der Waals surface area contributed by atoms with Gasteiger partial charge in [-0.2, -0.15) is 13.2 Å². The molecule has 0 radical (unpaired) electrons. The van der Waals surface area contributed by atoms with Crippen molar-refractivity contribution in [2.24, 2.45) is 4.99 Å². The van der Waals surface area contributed by atoms with Crippen LogP contribution in [0.4, 0.5) is 19.1 Å². The maximum Gasteiger partial charge on any atom is 0.433 e. The summed E-state index contributed by atoms with van der Waals surface area (Å²) in [6.07, 6.45) is -1.20. The summed E-state index contributed by atoms with van der Waals surface area (Å²) in [5, 5.41) is 6.05. The SMILES string of the molecule is CCNC(=NCCNc1nccc(C(F)(F)F)n1)N1CCOC(C2CCCO2)C1. The number of morpholine rings is 1. The standard InChI is InChI=1S/C18H27F3N6O2/c1-2-22-17(27-9-11-29-14(12-27)13-4-3-10-28-13)25-8-7-24-16-23-6-5-15(26-16)18(19,20)21/h5-6,13-14H,2-4,7-12H2,1H3,(H,22,25)(H,23,24,26). The van der Waals surface area contributed by atoms with E-state index in [-0.39, 0.29) is 18.2 Å². The van der Waals surface area contributed by atoms with Crippen LogP contribution in [0, 0.1) is 0 Å². The number of ether oxygens (including phenoxy) is 2. The second-order valence-electron chi connectivity index (χ2n) is 6.83. The number of aromatic nitrogens is 2. The van der Waals surface area contributed by atoms with Crippen molar-refractivity contribution in [1.29, 1.82) is 0 Å². The van der Waals surface area contributed by atoms with Gasteiger partial charge in [0, 0.05) is 39.0 Å². The van der Waals surface area contributed by atoms with E-state index in [4.69, 9.17) is 9.47 Å². The van der Waals surface area contributed by atoms with Gasteiger partial charge in [-0.15, -0.1) is 0 Å². The minimum absolute atomic E-state index is 0.0201. The Morgan fingerprint density at radius 1 is 1.31 bits per heavy atom. The Kier molecular flexibility index (Phi) is 7.48. The van der Waals surface area contributed by atoms with Gasteiger partial charge in [0.1, 0.15) is 11.8 Å². The van der Waals surface area contributed by atoms with Crippen molar-refractivity contribution >= 4 is 11.9 Å². The number of nitrogens with zero attached hydrogens (tertiary/aromatic N) is 4. The predicted molar refractivity (Wildman–Crippen MR) is 102 cm³/mol. The zero-order chi connectivity index (χ0) is 20.7. The minimum Gasteiger partial charge on any atom is -0.375 e. The lowest BCUT2D eigenvalue weighted by molar-refractivity contribution is -0.141. The van der Waals surface area contributed by atoms with Gasteiger partial charge in [0.2, 0.25) is 5.95 Å². The number of nitrogens with one attached hydrogen (secondary N) is 2. The van der Waals surface area contributed by atoms with E-state index in [9.17, 15) is 13.2 Å². The van der Waals surface area contributed by atoms with Crippen LogP contribution in [0.1, 0.15) is 25.5 Å². The van der Waals surface area contributed by atoms with Crippen LogP contribution in [0.2, 0.25) is 0 Å². The number of hydrogen-bond acceptors (Lipinski definition) is 6. The minimum atomic E-state index is -4.49. The summed E-state index contributed by atoms with van der Waals surface area (Å²) in [7, 11) is 0. The van der Waals surface area contributed by atoms with Crippen LogP contribution in [0.5, 0.6) is 0 Å². The third-order valence-corrected chi connectivity index (χ3v) is 4.71. The van der Waals surface area contributed by atoms with Crippen LogP contribution in [0.3, 0.4) is 0 Å². The topological polar surface area (TPSA) is 83.9 Å². The summed E-state index contributed by atoms with van der Waals surface area (Å²) in [5.74, 6) is 0.690. The quantitative estimate of drug-likeness (QED) is 0.415. The van der Waals surface area contributed by atoms with E-state index in [2.05, 4.69) is 30.5 Å². The summed E-state index contributed by atoms with van der Waals surface area (Å²) >= 11 is 0. The zero-order valence-electron chi connectivity index (χ0n) is 16.4. The van der Waals surface area contributed by atoms with Gasteiger partial charge in [0.05, 0.1) is 19.3 Å². The van der Waals surface area contributed by atoms with E-state index in [1.165, 1.54) is 0 Å². The van der Waals surface area contributed by atoms with Crippen molar-refractivity contribution in [2.75, 3.05) is 51.3 Å². The first-order valence-electron chi connectivity index (χ1n) is 9.88. The molecule has 162 valence electrons. The molecule has 1 aromatic rings. The van der Waals surface area contributed by atoms with E-state index in [0.717, 1.165) is 44.2 Å². The van der Waals surface area contributed by atoms with E-state index in [1.54, 1.807) is 0 Å². The molecule has 8 nitrogen and oxygen atoms in total. The molecule has 3 heterocycles. The molecule has 0 amide bonds. The lowest BCUT2D eigenvalue weighted by Crippen LogP contribution is -2.53. The van der Waals surface area contributed by atoms with Crippen molar-refractivity contribution < 1.29 is 22.6 Å². The molecule has 2 aliphatic heterocycles. The molecule has 0 saturated carbocycles. The molecule has 2 unspecified atom stereocenters. The van der Waals surface area contributed by atoms with E-state index >= 15 is 0 Å². The maximum absolute atomic E-state index is 12.7. The normalized spacial score (nSPS) is 23.3. The highest BCUT2D eigenvalue weighted by Crippen LogP contribution is 2.27. The Hall–Kier alpha value is -2.14. The third-order valence-electron chi connectivity index (χ3n) is 4.71. The van der Waals surface area contributed by atoms with Gasteiger partial charge in [-0.05, 0) is 25.8 Å². The molecule has 0 bridgehead atoms. The molecule has 0 aromatic carbocycles. The molecule has 29 heavy (non-hydrogen) atoms. The lowest BCUT2D eigenvalue weighted by atomic mass is 10.1. The number of guanidine groups is 1. The molecule has 11 heteroatoms. The molecule has 0 spiro atoms. The maximum atomic E-state index is 12.7. The lowest BCUT2D eigenvalue weighted by Gasteiger charge is -2.37. The molecular weight excluding hydrogens is 389 g/mol. The van der Waals surface area contributed by atoms with Gasteiger partial charge >= 0.3 is 6.18 Å². The van der Waals surface area contributed by atoms with Crippen molar-refractivity contribution in [1.82, 2.24) is 20.2 Å². The molecule has 2 atom stereocenters. The average molecular weight is 416 g/mol. The third kappa shape index (κ3) is 6.17. The van der Waals surface area contributed by atoms with Crippen LogP contribution in [-0.2, 0) is 15.7 Å². The molecular formula is C18H27F3N6O2. The van der Waals surface area contributed by atoms with Gasteiger partial charge in [-0.25, -0.2) is 9.97 Å². The summed E-state index contributed by atoms with van der Waals surface area (Å²) in [6.45, 7) is 6.18. The number of anilines is 1. The van der Waals surface area contributed by atoms with Crippen LogP contribution >= 0.6 is 0 Å². The predicted octanol–water partition coefficient (Wildman–Crippen LogP) is 1.75. The monoisotopic (exact) mass is 416 g/mol. The Morgan fingerprint density at radius 2 is 2.14 bits per heavy atom. The Morgan fingerprint density at radius 3 is 2.86 bits per heavy atom. The number of rotatable bonds is 6. The van der Waals surface area contributed by atoms with Gasteiger partial charge in [0.25, 0.3) is 0 Å². The van der Waals surface area contributed by atoms with Crippen LogP contribution in [0.25, 0.3) is 0 Å². The summed E-state index contributed by atoms with van der Waals surface area (Å²) in [5.41, 5.74) is -0.972. The van der Waals surface area contributed by atoms with Crippen LogP contribution < -0.4 is 10.6 Å². The highest BCUT2D eigenvalue weighted by molar-refractivity contribution is 5.80. The Balaban J connectivity index is 1.54. The molecule has 2 N–H and O–H groups in total. The smallest absolute Gasteiger partial charge is 0.375 e. The van der Waals surface area contributed by atoms with E-state index in [0.29, 0.717) is 32.8 Å². The zero-order valence-corrected chi connectivity index (χ0v) is 16.4. The first-order valence-corrected chi connectivity index (χ1v) is 9.88. The second kappa shape index (κ2) is 10.1. The Labute approximate surface area is 167 Å². The number of hydrogen-bond donors (Lipinski definition) is 2. The van der Waals surface area contributed by atoms with Crippen LogP contribution in [0.15, 0.2) is 17.3 Å². The van der Waals surface area contributed by atoms with Gasteiger partial charge in [-0.1, -0.05) is 0 Å². The van der Waals surface area contributed by atoms with Crippen molar-refractivity contribution in [3.8, 4) is 0 Å². The highest BCUT2D eigenvalue weighted by atomic mass is 19.4. The summed E-state index contributed by atoms with van der Waals surface area (Å²) in [4.78, 5) is 14.0. The molecule has 3 rings (SSSR count). The van der Waals surface area contributed by atoms with Crippen molar-refractivity contribution in [3.05, 3.63) is 18.0 Å². The van der Waals surface area contributed by atoms with E-state index < -0.39 is 11.9 Å². The molecule has 2 aliphatic rings. The molecule has 2 saturated heterocycles. The van der Waals surface area contributed by atoms with Crippen molar-refractivity contribution in [2.45, 2.75) is 38.1 Å². The van der Waals surface area contributed by atoms with Gasteiger partial charge < -0.3 is 25.0 Å². The van der Waals surface area contributed by atoms with E-state index in [1.807, 2.05) is 6.92 Å². The van der Waals surface area contributed by atoms with Crippen molar-refractivity contribution in [3.63, 3.8) is 0 Å². The summed E-state index contributed by atoms with van der Waals surface area (Å²) < 4.78 is 49.8. The largest absolute Gasteiger partial charge is 0.433 e. The first kappa shape index (κ1) is 21.6. The Bertz CT molecular complexity index is 682. The average Bonchev–Trinajstić information content (AvgIpc) is 3.25. The number of halogens is 3. The fraction of sp³-hybridized carbons (Fsp3) is 0.722. The second-order valence-corrected chi connectivity index (χ2v) is 6.83. The fourth-order valence-electron chi connectivity index (χ4n) is 3.35. The molecule has 1 aromatic heterocycles. The molecule has 0 aliphatic carbocycles. The fourth-order valence-corrected chi connectivity index (χ4v) is 3.35. The van der Waals surface area contributed by atoms with Gasteiger partial charge in [-0.3, -0.25) is 4.99 Å². The van der Waals surface area contributed by atoms with Crippen LogP contribution in [-0.4, -0.2) is 79.0 Å². The number of aliphatic imine (C=N–C) groups is 1. The van der Waals surface area contributed by atoms with Gasteiger partial charge in [0.15, 0.2) is 5.96 Å². The summed E-state index contributed by atoms with van der Waals surface area (Å²) in [6, 6.07) is 0.843. The number of alkyl halides is 3. The first-order chi connectivity index (χ1) is 14.0. The molecule has 2 fully saturated rings.